The molecular weight excluding hydrogens is 690 g/mol. The topological polar surface area (TPSA) is 96.0 Å². The summed E-state index contributed by atoms with van der Waals surface area (Å²) in [6.45, 7) is 3.75. The van der Waals surface area contributed by atoms with Crippen LogP contribution < -0.4 is 14.4 Å². The van der Waals surface area contributed by atoms with E-state index in [9.17, 15) is 18.0 Å². The molecule has 0 aliphatic heterocycles. The maximum Gasteiger partial charge on any atom is 0.264 e. The Kier molecular flexibility index (Phi) is 12.3. The Morgan fingerprint density at radius 3 is 2.26 bits per heavy atom. The third-order valence-electron chi connectivity index (χ3n) is 7.37. The van der Waals surface area contributed by atoms with Crippen molar-refractivity contribution < 1.29 is 22.7 Å². The highest BCUT2D eigenvalue weighted by atomic mass is 79.9. The molecule has 1 N–H and O–H groups in total. The van der Waals surface area contributed by atoms with Crippen LogP contribution in [0, 0.1) is 6.92 Å². The standard InChI is InChI=1S/C35H37BrClN3O5S/c1-4-19-38-35(42)32(21-26-9-6-5-7-10-26)39(23-27-11-8-12-28(37)20-27)34(41)24-40(29-15-13-25(2)14-16-29)46(43,44)30-17-18-33(45-3)31(36)22-30/h5-18,20,22,32H,4,19,21,23-24H2,1-3H3,(H,38,42). The van der Waals surface area contributed by atoms with Crippen molar-refractivity contribution in [2.75, 3.05) is 24.5 Å². The first-order valence-electron chi connectivity index (χ1n) is 14.8. The van der Waals surface area contributed by atoms with Gasteiger partial charge in [-0.05, 0) is 82.9 Å². The van der Waals surface area contributed by atoms with E-state index in [4.69, 9.17) is 16.3 Å². The molecule has 0 bridgehead atoms. The maximum atomic E-state index is 14.5. The zero-order valence-electron chi connectivity index (χ0n) is 26.0. The lowest BCUT2D eigenvalue weighted by Crippen LogP contribution is -2.53. The van der Waals surface area contributed by atoms with Crippen molar-refractivity contribution in [3.8, 4) is 5.75 Å². The number of nitrogens with one attached hydrogen (secondary N) is 1. The van der Waals surface area contributed by atoms with Gasteiger partial charge in [0.05, 0.1) is 22.2 Å². The van der Waals surface area contributed by atoms with E-state index < -0.39 is 28.5 Å². The van der Waals surface area contributed by atoms with Crippen LogP contribution in [-0.4, -0.2) is 51.4 Å². The van der Waals surface area contributed by atoms with E-state index in [2.05, 4.69) is 21.2 Å². The Morgan fingerprint density at radius 1 is 0.935 bits per heavy atom. The fourth-order valence-corrected chi connectivity index (χ4v) is 7.27. The van der Waals surface area contributed by atoms with Gasteiger partial charge < -0.3 is 15.0 Å². The largest absolute Gasteiger partial charge is 0.496 e. The summed E-state index contributed by atoms with van der Waals surface area (Å²) in [4.78, 5) is 29.7. The number of sulfonamides is 1. The predicted molar refractivity (Wildman–Crippen MR) is 186 cm³/mol. The molecule has 0 fully saturated rings. The summed E-state index contributed by atoms with van der Waals surface area (Å²) in [5.41, 5.74) is 2.79. The van der Waals surface area contributed by atoms with Gasteiger partial charge in [-0.1, -0.05) is 78.7 Å². The van der Waals surface area contributed by atoms with Crippen molar-refractivity contribution in [3.05, 3.63) is 123 Å². The van der Waals surface area contributed by atoms with Gasteiger partial charge in [0.1, 0.15) is 18.3 Å². The molecule has 0 spiro atoms. The number of hydrogen-bond donors (Lipinski definition) is 1. The predicted octanol–water partition coefficient (Wildman–Crippen LogP) is 6.78. The molecule has 46 heavy (non-hydrogen) atoms. The summed E-state index contributed by atoms with van der Waals surface area (Å²) >= 11 is 9.68. The molecule has 4 aromatic carbocycles. The monoisotopic (exact) mass is 725 g/mol. The molecule has 0 saturated heterocycles. The van der Waals surface area contributed by atoms with Crippen LogP contribution >= 0.6 is 27.5 Å². The number of ether oxygens (including phenoxy) is 1. The number of rotatable bonds is 14. The van der Waals surface area contributed by atoms with Crippen LogP contribution in [0.1, 0.15) is 30.0 Å². The summed E-state index contributed by atoms with van der Waals surface area (Å²) in [5, 5.41) is 3.42. The third kappa shape index (κ3) is 8.90. The average molecular weight is 727 g/mol. The maximum absolute atomic E-state index is 14.5. The van der Waals surface area contributed by atoms with Gasteiger partial charge in [-0.3, -0.25) is 13.9 Å². The molecule has 0 radical (unpaired) electrons. The van der Waals surface area contributed by atoms with Gasteiger partial charge in [0.2, 0.25) is 11.8 Å². The smallest absolute Gasteiger partial charge is 0.264 e. The van der Waals surface area contributed by atoms with Crippen LogP contribution in [0.15, 0.2) is 106 Å². The van der Waals surface area contributed by atoms with Crippen molar-refractivity contribution in [2.45, 2.75) is 44.2 Å². The van der Waals surface area contributed by atoms with E-state index in [1.807, 2.05) is 50.2 Å². The van der Waals surface area contributed by atoms with E-state index in [0.717, 1.165) is 15.4 Å². The second kappa shape index (κ2) is 16.1. The van der Waals surface area contributed by atoms with E-state index >= 15 is 0 Å². The molecule has 4 rings (SSSR count). The lowest BCUT2D eigenvalue weighted by molar-refractivity contribution is -0.140. The summed E-state index contributed by atoms with van der Waals surface area (Å²) < 4.78 is 35.4. The van der Waals surface area contributed by atoms with E-state index in [0.29, 0.717) is 39.5 Å². The number of hydrogen-bond acceptors (Lipinski definition) is 5. The molecule has 4 aromatic rings. The molecule has 0 aromatic heterocycles. The zero-order chi connectivity index (χ0) is 33.3. The first kappa shape index (κ1) is 35.0. The molecule has 8 nitrogen and oxygen atoms in total. The van der Waals surface area contributed by atoms with Crippen molar-refractivity contribution in [2.24, 2.45) is 0 Å². The van der Waals surface area contributed by atoms with Gasteiger partial charge in [0, 0.05) is 24.5 Å². The second-order valence-corrected chi connectivity index (χ2v) is 13.9. The van der Waals surface area contributed by atoms with Crippen LogP contribution in [0.5, 0.6) is 5.75 Å². The highest BCUT2D eigenvalue weighted by molar-refractivity contribution is 9.10. The highest BCUT2D eigenvalue weighted by Crippen LogP contribution is 2.31. The first-order valence-corrected chi connectivity index (χ1v) is 17.4. The van der Waals surface area contributed by atoms with E-state index in [1.54, 1.807) is 48.5 Å². The molecule has 0 heterocycles. The van der Waals surface area contributed by atoms with Gasteiger partial charge in [-0.2, -0.15) is 0 Å². The molecule has 0 aliphatic carbocycles. The Balaban J connectivity index is 1.81. The van der Waals surface area contributed by atoms with Gasteiger partial charge in [0.25, 0.3) is 10.0 Å². The minimum absolute atomic E-state index is 0.0311. The van der Waals surface area contributed by atoms with Crippen LogP contribution in [-0.2, 0) is 32.6 Å². The number of carbonyl (C=O) groups is 2. The number of halogens is 2. The molecule has 11 heteroatoms. The lowest BCUT2D eigenvalue weighted by Gasteiger charge is -2.34. The molecular formula is C35H37BrClN3O5S. The Bertz CT molecular complexity index is 1750. The van der Waals surface area contributed by atoms with Crippen molar-refractivity contribution in [1.82, 2.24) is 10.2 Å². The summed E-state index contributed by atoms with van der Waals surface area (Å²) in [6.07, 6.45) is 0.939. The van der Waals surface area contributed by atoms with Gasteiger partial charge in [-0.25, -0.2) is 8.42 Å². The number of amides is 2. The summed E-state index contributed by atoms with van der Waals surface area (Å²) in [7, 11) is -2.77. The van der Waals surface area contributed by atoms with Gasteiger partial charge >= 0.3 is 0 Å². The molecule has 0 saturated carbocycles. The second-order valence-electron chi connectivity index (χ2n) is 10.8. The normalized spacial score (nSPS) is 11.8. The van der Waals surface area contributed by atoms with Gasteiger partial charge in [0.15, 0.2) is 0 Å². The lowest BCUT2D eigenvalue weighted by atomic mass is 10.0. The fraction of sp³-hybridized carbons (Fsp3) is 0.257. The van der Waals surface area contributed by atoms with Crippen molar-refractivity contribution in [3.63, 3.8) is 0 Å². The molecule has 2 amide bonds. The number of aryl methyl sites for hydroxylation is 1. The van der Waals surface area contributed by atoms with Crippen LogP contribution in [0.4, 0.5) is 5.69 Å². The van der Waals surface area contributed by atoms with Crippen LogP contribution in [0.3, 0.4) is 0 Å². The van der Waals surface area contributed by atoms with Gasteiger partial charge in [-0.15, -0.1) is 0 Å². The Hall–Kier alpha value is -3.86. The Morgan fingerprint density at radius 2 is 1.63 bits per heavy atom. The van der Waals surface area contributed by atoms with Crippen LogP contribution in [0.25, 0.3) is 0 Å². The highest BCUT2D eigenvalue weighted by Gasteiger charge is 2.34. The minimum Gasteiger partial charge on any atom is -0.496 e. The molecule has 1 atom stereocenters. The quantitative estimate of drug-likeness (QED) is 0.155. The zero-order valence-corrected chi connectivity index (χ0v) is 29.1. The third-order valence-corrected chi connectivity index (χ3v) is 10.00. The van der Waals surface area contributed by atoms with Crippen LogP contribution in [0.2, 0.25) is 5.02 Å². The van der Waals surface area contributed by atoms with Crippen molar-refractivity contribution >= 4 is 55.1 Å². The number of anilines is 1. The summed E-state index contributed by atoms with van der Waals surface area (Å²) in [6, 6.07) is 26.9. The number of benzene rings is 4. The van der Waals surface area contributed by atoms with E-state index in [-0.39, 0.29) is 23.8 Å². The summed E-state index contributed by atoms with van der Waals surface area (Å²) in [5.74, 6) is -0.416. The van der Waals surface area contributed by atoms with Crippen molar-refractivity contribution in [1.29, 1.82) is 0 Å². The molecule has 0 aliphatic rings. The number of methoxy groups -OCH3 is 1. The fourth-order valence-electron chi connectivity index (χ4n) is 4.93. The number of carbonyl (C=O) groups excluding carboxylic acids is 2. The first-order chi connectivity index (χ1) is 22.0. The number of nitrogens with zero attached hydrogens (tertiary/aromatic N) is 2. The average Bonchev–Trinajstić information content (AvgIpc) is 3.05. The Labute approximate surface area is 284 Å². The minimum atomic E-state index is -4.26. The molecule has 242 valence electrons. The molecule has 1 unspecified atom stereocenters. The SMILES string of the molecule is CCCNC(=O)C(Cc1ccccc1)N(Cc1cccc(Cl)c1)C(=O)CN(c1ccc(C)cc1)S(=O)(=O)c1ccc(OC)c(Br)c1. The van der Waals surface area contributed by atoms with E-state index in [1.165, 1.54) is 24.1 Å².